The minimum Gasteiger partial charge on any atom is -0.297 e. The lowest BCUT2D eigenvalue weighted by Crippen LogP contribution is -2.11. The number of carbonyl (C=O) groups excluding carboxylic acids is 1. The van der Waals surface area contributed by atoms with Gasteiger partial charge in [-0.25, -0.2) is 9.97 Å². The summed E-state index contributed by atoms with van der Waals surface area (Å²) in [6, 6.07) is 0. The molecule has 0 spiro atoms. The van der Waals surface area contributed by atoms with Crippen molar-refractivity contribution < 1.29 is 18.0 Å². The second kappa shape index (κ2) is 5.13. The van der Waals surface area contributed by atoms with Crippen LogP contribution in [0.25, 0.3) is 0 Å². The van der Waals surface area contributed by atoms with Crippen LogP contribution in [0.15, 0.2) is 0 Å². The number of hydrogen-bond donors (Lipinski definition) is 1. The summed E-state index contributed by atoms with van der Waals surface area (Å²) in [6.45, 7) is 5.02. The van der Waals surface area contributed by atoms with Gasteiger partial charge in [0.05, 0.1) is 11.4 Å². The lowest BCUT2D eigenvalue weighted by Gasteiger charge is -1.99. The van der Waals surface area contributed by atoms with E-state index in [-0.39, 0.29) is 10.6 Å². The lowest BCUT2D eigenvalue weighted by molar-refractivity contribution is -0.137. The van der Waals surface area contributed by atoms with Crippen LogP contribution in [0.5, 0.6) is 0 Å². The van der Waals surface area contributed by atoms with E-state index < -0.39 is 17.1 Å². The topological polar surface area (TPSA) is 54.9 Å². The number of anilines is 1. The first-order valence-corrected chi connectivity index (χ1v) is 7.11. The predicted molar refractivity (Wildman–Crippen MR) is 71.4 cm³/mol. The third-order valence-corrected chi connectivity index (χ3v) is 4.68. The Labute approximate surface area is 120 Å². The van der Waals surface area contributed by atoms with Crippen LogP contribution < -0.4 is 5.32 Å². The SMILES string of the molecule is Cc1nc(NC(=O)c2sc(C(F)(F)F)nc2C)sc1C. The van der Waals surface area contributed by atoms with Gasteiger partial charge in [-0.1, -0.05) is 0 Å². The first-order chi connectivity index (χ1) is 9.18. The number of carbonyl (C=O) groups is 1. The molecule has 0 aliphatic heterocycles. The van der Waals surface area contributed by atoms with E-state index in [1.807, 2.05) is 6.92 Å². The average Bonchev–Trinajstić information content (AvgIpc) is 2.83. The van der Waals surface area contributed by atoms with Gasteiger partial charge in [-0.2, -0.15) is 13.2 Å². The molecule has 20 heavy (non-hydrogen) atoms. The van der Waals surface area contributed by atoms with Gasteiger partial charge in [0.25, 0.3) is 5.91 Å². The molecule has 0 aliphatic rings. The Bertz CT molecular complexity index is 641. The molecule has 108 valence electrons. The molecule has 0 aliphatic carbocycles. The smallest absolute Gasteiger partial charge is 0.297 e. The maximum Gasteiger partial charge on any atom is 0.443 e. The van der Waals surface area contributed by atoms with Crippen molar-refractivity contribution in [2.24, 2.45) is 0 Å². The zero-order chi connectivity index (χ0) is 15.1. The van der Waals surface area contributed by atoms with Crippen LogP contribution in [0.3, 0.4) is 0 Å². The van der Waals surface area contributed by atoms with Crippen LogP contribution in [-0.4, -0.2) is 15.9 Å². The number of rotatable bonds is 2. The van der Waals surface area contributed by atoms with Gasteiger partial charge in [-0.05, 0) is 20.8 Å². The maximum absolute atomic E-state index is 12.5. The van der Waals surface area contributed by atoms with Crippen molar-refractivity contribution in [3.8, 4) is 0 Å². The van der Waals surface area contributed by atoms with Crippen molar-refractivity contribution >= 4 is 33.7 Å². The van der Waals surface area contributed by atoms with E-state index in [4.69, 9.17) is 0 Å². The summed E-state index contributed by atoms with van der Waals surface area (Å²) < 4.78 is 37.6. The van der Waals surface area contributed by atoms with Gasteiger partial charge in [0.15, 0.2) is 10.1 Å². The van der Waals surface area contributed by atoms with Gasteiger partial charge in [0, 0.05) is 4.88 Å². The standard InChI is InChI=1S/C11H10F3N3OS2/c1-4-6(3)19-10(16-4)17-8(18)7-5(2)15-9(20-7)11(12,13)14/h1-3H3,(H,16,17,18). The number of nitrogens with one attached hydrogen (secondary N) is 1. The number of thiazole rings is 2. The second-order valence-electron chi connectivity index (χ2n) is 4.05. The first kappa shape index (κ1) is 14.9. The van der Waals surface area contributed by atoms with Crippen LogP contribution in [0.1, 0.15) is 30.9 Å². The molecule has 4 nitrogen and oxygen atoms in total. The summed E-state index contributed by atoms with van der Waals surface area (Å²) in [6.07, 6.45) is -4.54. The predicted octanol–water partition coefficient (Wildman–Crippen LogP) is 3.80. The fourth-order valence-corrected chi connectivity index (χ4v) is 3.05. The van der Waals surface area contributed by atoms with Crippen LogP contribution in [0.4, 0.5) is 18.3 Å². The van der Waals surface area contributed by atoms with E-state index in [1.165, 1.54) is 18.3 Å². The van der Waals surface area contributed by atoms with Gasteiger partial charge in [0.2, 0.25) is 0 Å². The van der Waals surface area contributed by atoms with Gasteiger partial charge >= 0.3 is 6.18 Å². The van der Waals surface area contributed by atoms with Gasteiger partial charge in [-0.3, -0.25) is 10.1 Å². The lowest BCUT2D eigenvalue weighted by atomic mass is 10.4. The average molecular weight is 321 g/mol. The van der Waals surface area contributed by atoms with E-state index >= 15 is 0 Å². The van der Waals surface area contributed by atoms with E-state index in [2.05, 4.69) is 15.3 Å². The molecule has 0 saturated heterocycles. The monoisotopic (exact) mass is 321 g/mol. The van der Waals surface area contributed by atoms with E-state index in [0.717, 1.165) is 10.6 Å². The fraction of sp³-hybridized carbons (Fsp3) is 0.364. The van der Waals surface area contributed by atoms with Crippen molar-refractivity contribution in [3.63, 3.8) is 0 Å². The van der Waals surface area contributed by atoms with Gasteiger partial charge < -0.3 is 0 Å². The van der Waals surface area contributed by atoms with E-state index in [0.29, 0.717) is 16.5 Å². The Morgan fingerprint density at radius 3 is 2.20 bits per heavy atom. The molecule has 0 fully saturated rings. The maximum atomic E-state index is 12.5. The highest BCUT2D eigenvalue weighted by atomic mass is 32.1. The number of aromatic nitrogens is 2. The van der Waals surface area contributed by atoms with Crippen molar-refractivity contribution in [2.75, 3.05) is 5.32 Å². The number of amides is 1. The minimum atomic E-state index is -4.54. The molecule has 2 aromatic rings. The van der Waals surface area contributed by atoms with Crippen LogP contribution in [0.2, 0.25) is 0 Å². The second-order valence-corrected chi connectivity index (χ2v) is 6.25. The number of alkyl halides is 3. The molecule has 0 radical (unpaired) electrons. The summed E-state index contributed by atoms with van der Waals surface area (Å²) in [5, 5.41) is 1.84. The zero-order valence-corrected chi connectivity index (χ0v) is 12.4. The largest absolute Gasteiger partial charge is 0.443 e. The fourth-order valence-electron chi connectivity index (χ4n) is 1.41. The van der Waals surface area contributed by atoms with E-state index in [9.17, 15) is 18.0 Å². The highest BCUT2D eigenvalue weighted by molar-refractivity contribution is 7.16. The molecule has 1 amide bonds. The quantitative estimate of drug-likeness (QED) is 0.915. The third-order valence-electron chi connectivity index (χ3n) is 2.49. The molecule has 0 saturated carbocycles. The Balaban J connectivity index is 2.23. The Morgan fingerprint density at radius 2 is 1.75 bits per heavy atom. The molecule has 0 bridgehead atoms. The van der Waals surface area contributed by atoms with E-state index in [1.54, 1.807) is 6.92 Å². The molecule has 2 rings (SSSR count). The Kier molecular flexibility index (Phi) is 3.83. The Morgan fingerprint density at radius 1 is 1.10 bits per heavy atom. The summed E-state index contributed by atoms with van der Waals surface area (Å²) in [7, 11) is 0. The molecule has 2 heterocycles. The number of hydrogen-bond acceptors (Lipinski definition) is 5. The normalized spacial score (nSPS) is 11.7. The summed E-state index contributed by atoms with van der Waals surface area (Å²) in [5.41, 5.74) is 0.840. The number of aryl methyl sites for hydroxylation is 3. The molecular weight excluding hydrogens is 311 g/mol. The van der Waals surface area contributed by atoms with Gasteiger partial charge in [-0.15, -0.1) is 22.7 Å². The molecule has 2 aromatic heterocycles. The molecule has 0 unspecified atom stereocenters. The van der Waals surface area contributed by atoms with Crippen LogP contribution >= 0.6 is 22.7 Å². The molecule has 0 aromatic carbocycles. The molecular formula is C11H10F3N3OS2. The van der Waals surface area contributed by atoms with Crippen molar-refractivity contribution in [1.29, 1.82) is 0 Å². The van der Waals surface area contributed by atoms with Crippen molar-refractivity contribution in [2.45, 2.75) is 26.9 Å². The molecule has 9 heteroatoms. The third kappa shape index (κ3) is 2.98. The van der Waals surface area contributed by atoms with Crippen molar-refractivity contribution in [3.05, 3.63) is 26.1 Å². The van der Waals surface area contributed by atoms with Gasteiger partial charge in [0.1, 0.15) is 4.88 Å². The highest BCUT2D eigenvalue weighted by Gasteiger charge is 2.36. The summed E-state index contributed by atoms with van der Waals surface area (Å²) >= 11 is 1.61. The highest BCUT2D eigenvalue weighted by Crippen LogP contribution is 2.34. The van der Waals surface area contributed by atoms with Crippen LogP contribution in [0, 0.1) is 20.8 Å². The summed E-state index contributed by atoms with van der Waals surface area (Å²) in [5.74, 6) is -0.621. The molecule has 1 N–H and O–H groups in total. The minimum absolute atomic E-state index is 0.0529. The first-order valence-electron chi connectivity index (χ1n) is 5.48. The number of nitrogens with zero attached hydrogens (tertiary/aromatic N) is 2. The van der Waals surface area contributed by atoms with Crippen LogP contribution in [-0.2, 0) is 6.18 Å². The summed E-state index contributed by atoms with van der Waals surface area (Å²) in [4.78, 5) is 20.3. The zero-order valence-electron chi connectivity index (χ0n) is 10.8. The number of halogens is 3. The molecule has 0 atom stereocenters. The van der Waals surface area contributed by atoms with Crippen molar-refractivity contribution in [1.82, 2.24) is 9.97 Å². The Hall–Kier alpha value is -1.48.